The first kappa shape index (κ1) is 10.8. The van der Waals surface area contributed by atoms with Crippen molar-refractivity contribution in [1.29, 1.82) is 0 Å². The molecule has 0 amide bonds. The fourth-order valence-electron chi connectivity index (χ4n) is 1.46. The highest BCUT2D eigenvalue weighted by Crippen LogP contribution is 2.07. The molecule has 1 aromatic heterocycles. The Morgan fingerprint density at radius 2 is 1.08 bits per heavy atom. The Bertz CT molecular complexity index is 260. The van der Waals surface area contributed by atoms with Gasteiger partial charge in [-0.2, -0.15) is 0 Å². The van der Waals surface area contributed by atoms with Crippen LogP contribution in [-0.2, 0) is 0 Å². The van der Waals surface area contributed by atoms with Gasteiger partial charge in [0.05, 0.1) is 28.7 Å². The van der Waals surface area contributed by atoms with E-state index in [1.54, 1.807) is 0 Å². The minimum absolute atomic E-state index is 1.19. The first-order valence-corrected chi connectivity index (χ1v) is 11.8. The van der Waals surface area contributed by atoms with Crippen LogP contribution in [-0.4, -0.2) is 16.1 Å². The van der Waals surface area contributed by atoms with Crippen LogP contribution in [0.15, 0.2) is 16.9 Å². The van der Waals surface area contributed by atoms with Crippen molar-refractivity contribution in [2.75, 3.05) is 0 Å². The summed E-state index contributed by atoms with van der Waals surface area (Å²) in [5, 5.41) is 3.04. The molecule has 0 bridgehead atoms. The Morgan fingerprint density at radius 1 is 0.769 bits per heavy atom. The van der Waals surface area contributed by atoms with E-state index in [-0.39, 0.29) is 0 Å². The molecule has 0 aromatic carbocycles. The molecule has 0 aliphatic heterocycles. The summed E-state index contributed by atoms with van der Waals surface area (Å²) in [4.78, 5) is 0. The lowest BCUT2D eigenvalue weighted by Gasteiger charge is -2.22. The van der Waals surface area contributed by atoms with Crippen molar-refractivity contribution in [3.63, 3.8) is 0 Å². The van der Waals surface area contributed by atoms with Crippen molar-refractivity contribution < 1.29 is 4.42 Å². The number of hydrogen-bond donors (Lipinski definition) is 0. The quantitative estimate of drug-likeness (QED) is 0.686. The summed E-state index contributed by atoms with van der Waals surface area (Å²) in [6.07, 6.45) is 3.94. The molecule has 0 N–H and O–H groups in total. The van der Waals surface area contributed by atoms with Crippen molar-refractivity contribution >= 4 is 26.5 Å². The molecule has 0 radical (unpaired) electrons. The molecule has 0 fully saturated rings. The van der Waals surface area contributed by atoms with Gasteiger partial charge in [-0.1, -0.05) is 39.3 Å². The van der Waals surface area contributed by atoms with Gasteiger partial charge in [0.1, 0.15) is 0 Å². The standard InChI is InChI=1S/C10H20OSi2/c1-12(2,3)9-7-11-8-10(9)13(4,5)6/h7-8H,1-6H3. The van der Waals surface area contributed by atoms with E-state index in [0.29, 0.717) is 0 Å². The van der Waals surface area contributed by atoms with E-state index in [1.807, 2.05) is 12.5 Å². The summed E-state index contributed by atoms with van der Waals surface area (Å²) >= 11 is 0. The van der Waals surface area contributed by atoms with E-state index in [2.05, 4.69) is 39.3 Å². The van der Waals surface area contributed by atoms with Gasteiger partial charge < -0.3 is 4.42 Å². The van der Waals surface area contributed by atoms with E-state index in [4.69, 9.17) is 4.42 Å². The van der Waals surface area contributed by atoms with Gasteiger partial charge in [0.2, 0.25) is 0 Å². The predicted molar refractivity (Wildman–Crippen MR) is 64.7 cm³/mol. The maximum absolute atomic E-state index is 5.37. The molecule has 13 heavy (non-hydrogen) atoms. The highest BCUT2D eigenvalue weighted by molar-refractivity contribution is 6.98. The first-order chi connectivity index (χ1) is 5.73. The van der Waals surface area contributed by atoms with E-state index in [1.165, 1.54) is 10.4 Å². The van der Waals surface area contributed by atoms with Gasteiger partial charge in [-0.15, -0.1) is 0 Å². The molecule has 0 atom stereocenters. The van der Waals surface area contributed by atoms with Crippen LogP contribution in [0.1, 0.15) is 0 Å². The van der Waals surface area contributed by atoms with Crippen LogP contribution >= 0.6 is 0 Å². The monoisotopic (exact) mass is 212 g/mol. The molecular weight excluding hydrogens is 192 g/mol. The second-order valence-electron chi connectivity index (χ2n) is 5.70. The summed E-state index contributed by atoms with van der Waals surface area (Å²) < 4.78 is 5.37. The van der Waals surface area contributed by atoms with Gasteiger partial charge in [0.25, 0.3) is 0 Å². The van der Waals surface area contributed by atoms with Gasteiger partial charge in [-0.3, -0.25) is 0 Å². The Morgan fingerprint density at radius 3 is 1.31 bits per heavy atom. The minimum Gasteiger partial charge on any atom is -0.473 e. The third-order valence-electron chi connectivity index (χ3n) is 2.28. The highest BCUT2D eigenvalue weighted by Gasteiger charge is 2.28. The second kappa shape index (κ2) is 3.13. The van der Waals surface area contributed by atoms with Crippen LogP contribution in [0.3, 0.4) is 0 Å². The fraction of sp³-hybridized carbons (Fsp3) is 0.600. The topological polar surface area (TPSA) is 13.1 Å². The summed E-state index contributed by atoms with van der Waals surface area (Å²) in [6.45, 7) is 14.3. The van der Waals surface area contributed by atoms with Crippen LogP contribution in [0, 0.1) is 0 Å². The zero-order valence-electron chi connectivity index (χ0n) is 9.56. The normalized spacial score (nSPS) is 13.4. The SMILES string of the molecule is C[Si](C)(C)c1cocc1[Si](C)(C)C. The first-order valence-electron chi connectivity index (χ1n) is 4.80. The molecule has 1 rings (SSSR count). The molecule has 74 valence electrons. The molecule has 0 saturated carbocycles. The van der Waals surface area contributed by atoms with E-state index in [0.717, 1.165) is 0 Å². The lowest BCUT2D eigenvalue weighted by atomic mass is 10.6. The molecule has 0 unspecified atom stereocenters. The van der Waals surface area contributed by atoms with Gasteiger partial charge in [0, 0.05) is 0 Å². The van der Waals surface area contributed by atoms with Gasteiger partial charge >= 0.3 is 0 Å². The van der Waals surface area contributed by atoms with Crippen molar-refractivity contribution in [3.05, 3.63) is 12.5 Å². The average molecular weight is 212 g/mol. The van der Waals surface area contributed by atoms with Gasteiger partial charge in [0.15, 0.2) is 0 Å². The Balaban J connectivity index is 3.19. The molecule has 0 aliphatic carbocycles. The molecule has 0 spiro atoms. The number of hydrogen-bond acceptors (Lipinski definition) is 1. The Hall–Kier alpha value is -0.286. The summed E-state index contributed by atoms with van der Waals surface area (Å²) in [5.41, 5.74) is 0. The maximum Gasteiger partial charge on any atom is 0.0893 e. The summed E-state index contributed by atoms with van der Waals surface area (Å²) in [7, 11) is -2.39. The highest BCUT2D eigenvalue weighted by atomic mass is 28.3. The minimum atomic E-state index is -1.19. The second-order valence-corrected chi connectivity index (χ2v) is 15.8. The molecular formula is C10H20OSi2. The molecule has 1 nitrogen and oxygen atoms in total. The summed E-state index contributed by atoms with van der Waals surface area (Å²) in [6, 6.07) is 0. The van der Waals surface area contributed by atoms with Crippen molar-refractivity contribution in [3.8, 4) is 0 Å². The van der Waals surface area contributed by atoms with E-state index < -0.39 is 16.1 Å². The molecule has 3 heteroatoms. The van der Waals surface area contributed by atoms with Crippen LogP contribution < -0.4 is 10.4 Å². The Labute approximate surface area is 83.2 Å². The number of rotatable bonds is 2. The van der Waals surface area contributed by atoms with E-state index >= 15 is 0 Å². The van der Waals surface area contributed by atoms with Crippen molar-refractivity contribution in [2.45, 2.75) is 39.3 Å². The van der Waals surface area contributed by atoms with Crippen molar-refractivity contribution in [1.82, 2.24) is 0 Å². The number of furan rings is 1. The summed E-state index contributed by atoms with van der Waals surface area (Å²) in [5.74, 6) is 0. The van der Waals surface area contributed by atoms with Crippen molar-refractivity contribution in [2.24, 2.45) is 0 Å². The fourth-order valence-corrected chi connectivity index (χ4v) is 6.29. The van der Waals surface area contributed by atoms with Crippen LogP contribution in [0.2, 0.25) is 39.3 Å². The molecule has 1 aromatic rings. The average Bonchev–Trinajstić information content (AvgIpc) is 2.27. The van der Waals surface area contributed by atoms with Crippen LogP contribution in [0.25, 0.3) is 0 Å². The third-order valence-corrected chi connectivity index (χ3v) is 6.53. The van der Waals surface area contributed by atoms with Crippen LogP contribution in [0.4, 0.5) is 0 Å². The molecule has 1 heterocycles. The smallest absolute Gasteiger partial charge is 0.0893 e. The lowest BCUT2D eigenvalue weighted by molar-refractivity contribution is 0.570. The van der Waals surface area contributed by atoms with Crippen LogP contribution in [0.5, 0.6) is 0 Å². The van der Waals surface area contributed by atoms with E-state index in [9.17, 15) is 0 Å². The third kappa shape index (κ3) is 2.34. The Kier molecular flexibility index (Phi) is 2.60. The zero-order chi connectivity index (χ0) is 10.3. The largest absolute Gasteiger partial charge is 0.473 e. The lowest BCUT2D eigenvalue weighted by Crippen LogP contribution is -2.54. The van der Waals surface area contributed by atoms with Gasteiger partial charge in [-0.25, -0.2) is 0 Å². The zero-order valence-corrected chi connectivity index (χ0v) is 11.6. The molecule has 0 aliphatic rings. The van der Waals surface area contributed by atoms with Gasteiger partial charge in [-0.05, 0) is 10.4 Å². The maximum atomic E-state index is 5.37. The predicted octanol–water partition coefficient (Wildman–Crippen LogP) is 2.37. The molecule has 0 saturated heterocycles.